The number of halogens is 2. The minimum Gasteiger partial charge on any atom is -0.368 e. The fourth-order valence-electron chi connectivity index (χ4n) is 2.60. The maximum Gasteiger partial charge on any atom is 0.173 e. The van der Waals surface area contributed by atoms with E-state index in [0.29, 0.717) is 10.8 Å². The molecule has 1 heterocycles. The van der Waals surface area contributed by atoms with Gasteiger partial charge in [0.05, 0.1) is 5.69 Å². The maximum atomic E-state index is 13.7. The smallest absolute Gasteiger partial charge is 0.173 e. The van der Waals surface area contributed by atoms with Gasteiger partial charge in [-0.3, -0.25) is 0 Å². The number of benzene rings is 2. The van der Waals surface area contributed by atoms with E-state index < -0.39 is 0 Å². The Morgan fingerprint density at radius 2 is 1.78 bits per heavy atom. The number of nitrogens with one attached hydrogen (secondary N) is 1. The molecular formula is C17H17ClFN3S. The number of rotatable bonds is 2. The molecule has 0 radical (unpaired) electrons. The molecule has 3 nitrogen and oxygen atoms in total. The van der Waals surface area contributed by atoms with Crippen LogP contribution in [-0.2, 0) is 0 Å². The van der Waals surface area contributed by atoms with Gasteiger partial charge >= 0.3 is 0 Å². The molecule has 1 aliphatic rings. The number of para-hydroxylation sites is 1. The van der Waals surface area contributed by atoms with Gasteiger partial charge in [-0.2, -0.15) is 0 Å². The molecule has 0 atom stereocenters. The minimum absolute atomic E-state index is 0.299. The minimum atomic E-state index is -0.299. The van der Waals surface area contributed by atoms with Gasteiger partial charge in [0, 0.05) is 36.9 Å². The molecule has 0 spiro atoms. The Kier molecular flexibility index (Phi) is 4.98. The van der Waals surface area contributed by atoms with Crippen molar-refractivity contribution >= 4 is 40.3 Å². The molecule has 1 N–H and O–H groups in total. The molecule has 2 aromatic carbocycles. The molecular weight excluding hydrogens is 333 g/mol. The number of thiocarbonyl (C=S) groups is 1. The summed E-state index contributed by atoms with van der Waals surface area (Å²) in [5, 5.41) is 4.28. The van der Waals surface area contributed by atoms with Crippen LogP contribution >= 0.6 is 23.8 Å². The lowest BCUT2D eigenvalue weighted by molar-refractivity contribution is 0.391. The normalized spacial score (nSPS) is 14.7. The first kappa shape index (κ1) is 16.0. The number of hydrogen-bond donors (Lipinski definition) is 1. The van der Waals surface area contributed by atoms with Crippen molar-refractivity contribution in [1.29, 1.82) is 0 Å². The lowest BCUT2D eigenvalue weighted by atomic mass is 10.2. The first-order valence-electron chi connectivity index (χ1n) is 7.44. The average molecular weight is 350 g/mol. The molecule has 0 aromatic heterocycles. The molecule has 0 amide bonds. The van der Waals surface area contributed by atoms with Crippen LogP contribution in [0.2, 0.25) is 5.02 Å². The predicted molar refractivity (Wildman–Crippen MR) is 97.9 cm³/mol. The first-order chi connectivity index (χ1) is 11.1. The second-order valence-electron chi connectivity index (χ2n) is 5.36. The molecule has 1 aliphatic heterocycles. The number of piperazine rings is 1. The Hall–Kier alpha value is -1.85. The molecule has 0 bridgehead atoms. The summed E-state index contributed by atoms with van der Waals surface area (Å²) in [6, 6.07) is 14.4. The summed E-state index contributed by atoms with van der Waals surface area (Å²) in [4.78, 5) is 4.33. The Balaban J connectivity index is 1.58. The van der Waals surface area contributed by atoms with Crippen LogP contribution in [0.1, 0.15) is 0 Å². The molecule has 0 saturated carbocycles. The van der Waals surface area contributed by atoms with Crippen LogP contribution in [0.5, 0.6) is 0 Å². The van der Waals surface area contributed by atoms with E-state index >= 15 is 0 Å². The van der Waals surface area contributed by atoms with Gasteiger partial charge in [0.25, 0.3) is 0 Å². The maximum absolute atomic E-state index is 13.7. The van der Waals surface area contributed by atoms with Crippen LogP contribution in [0.15, 0.2) is 48.5 Å². The lowest BCUT2D eigenvalue weighted by Gasteiger charge is -2.37. The monoisotopic (exact) mass is 349 g/mol. The zero-order valence-corrected chi connectivity index (χ0v) is 14.1. The van der Waals surface area contributed by atoms with Crippen molar-refractivity contribution in [3.05, 3.63) is 59.4 Å². The quantitative estimate of drug-likeness (QED) is 0.826. The summed E-state index contributed by atoms with van der Waals surface area (Å²) in [5.41, 5.74) is 1.53. The third-order valence-corrected chi connectivity index (χ3v) is 4.45. The summed E-state index contributed by atoms with van der Waals surface area (Å²) in [5.74, 6) is -0.299. The van der Waals surface area contributed by atoms with E-state index in [1.54, 1.807) is 18.2 Å². The van der Waals surface area contributed by atoms with Crippen molar-refractivity contribution in [2.75, 3.05) is 36.4 Å². The average Bonchev–Trinajstić information content (AvgIpc) is 2.57. The first-order valence-corrected chi connectivity index (χ1v) is 8.23. The van der Waals surface area contributed by atoms with E-state index in [4.69, 9.17) is 23.8 Å². The highest BCUT2D eigenvalue weighted by Crippen LogP contribution is 2.21. The molecule has 0 unspecified atom stereocenters. The number of anilines is 2. The molecule has 3 rings (SSSR count). The fraction of sp³-hybridized carbons (Fsp3) is 0.235. The van der Waals surface area contributed by atoms with E-state index in [-0.39, 0.29) is 5.82 Å². The van der Waals surface area contributed by atoms with Crippen molar-refractivity contribution in [2.45, 2.75) is 0 Å². The number of nitrogens with zero attached hydrogens (tertiary/aromatic N) is 2. The van der Waals surface area contributed by atoms with Gasteiger partial charge < -0.3 is 15.1 Å². The molecule has 1 fully saturated rings. The summed E-state index contributed by atoms with van der Waals surface area (Å²) in [7, 11) is 0. The van der Waals surface area contributed by atoms with E-state index in [1.807, 2.05) is 18.2 Å². The van der Waals surface area contributed by atoms with Crippen LogP contribution < -0.4 is 10.2 Å². The Labute approximate surface area is 145 Å². The van der Waals surface area contributed by atoms with Gasteiger partial charge in [0.1, 0.15) is 5.82 Å². The van der Waals surface area contributed by atoms with E-state index in [9.17, 15) is 4.39 Å². The van der Waals surface area contributed by atoms with Gasteiger partial charge in [0.15, 0.2) is 5.11 Å². The zero-order valence-electron chi connectivity index (χ0n) is 12.5. The van der Waals surface area contributed by atoms with Gasteiger partial charge in [-0.25, -0.2) is 4.39 Å². The van der Waals surface area contributed by atoms with Crippen LogP contribution in [0.3, 0.4) is 0 Å². The second-order valence-corrected chi connectivity index (χ2v) is 6.19. The van der Waals surface area contributed by atoms with Gasteiger partial charge in [-0.1, -0.05) is 29.8 Å². The molecule has 0 aliphatic carbocycles. The van der Waals surface area contributed by atoms with Crippen molar-refractivity contribution in [2.24, 2.45) is 0 Å². The predicted octanol–water partition coefficient (Wildman–Crippen LogP) is 4.00. The van der Waals surface area contributed by atoms with E-state index in [1.165, 1.54) is 6.07 Å². The molecule has 6 heteroatoms. The summed E-state index contributed by atoms with van der Waals surface area (Å²) in [6.45, 7) is 3.26. The standard InChI is InChI=1S/C17H17ClFN3S/c18-13-4-3-5-14(12-13)21-8-10-22(11-9-21)17(23)20-16-7-2-1-6-15(16)19/h1-7,12H,8-11H2,(H,20,23). The SMILES string of the molecule is Fc1ccccc1NC(=S)N1CCN(c2cccc(Cl)c2)CC1. The lowest BCUT2D eigenvalue weighted by Crippen LogP contribution is -2.50. The van der Waals surface area contributed by atoms with Gasteiger partial charge in [-0.15, -0.1) is 0 Å². The van der Waals surface area contributed by atoms with Crippen molar-refractivity contribution in [3.63, 3.8) is 0 Å². The van der Waals surface area contributed by atoms with E-state index in [2.05, 4.69) is 21.2 Å². The highest BCUT2D eigenvalue weighted by molar-refractivity contribution is 7.80. The Morgan fingerprint density at radius 1 is 1.04 bits per heavy atom. The highest BCUT2D eigenvalue weighted by atomic mass is 35.5. The summed E-state index contributed by atoms with van der Waals surface area (Å²) >= 11 is 11.4. The fourth-order valence-corrected chi connectivity index (χ4v) is 3.07. The van der Waals surface area contributed by atoms with Crippen LogP contribution in [0.25, 0.3) is 0 Å². The topological polar surface area (TPSA) is 18.5 Å². The van der Waals surface area contributed by atoms with Gasteiger partial charge in [0.2, 0.25) is 0 Å². The summed E-state index contributed by atoms with van der Waals surface area (Å²) in [6.07, 6.45) is 0. The zero-order chi connectivity index (χ0) is 16.2. The summed E-state index contributed by atoms with van der Waals surface area (Å²) < 4.78 is 13.7. The third-order valence-electron chi connectivity index (χ3n) is 3.86. The number of hydrogen-bond acceptors (Lipinski definition) is 2. The largest absolute Gasteiger partial charge is 0.368 e. The van der Waals surface area contributed by atoms with E-state index in [0.717, 1.165) is 36.9 Å². The highest BCUT2D eigenvalue weighted by Gasteiger charge is 2.19. The van der Waals surface area contributed by atoms with Crippen molar-refractivity contribution < 1.29 is 4.39 Å². The molecule has 120 valence electrons. The Bertz CT molecular complexity index is 702. The van der Waals surface area contributed by atoms with Crippen LogP contribution in [-0.4, -0.2) is 36.2 Å². The van der Waals surface area contributed by atoms with Crippen LogP contribution in [0, 0.1) is 5.82 Å². The second kappa shape index (κ2) is 7.15. The molecule has 2 aromatic rings. The molecule has 23 heavy (non-hydrogen) atoms. The third kappa shape index (κ3) is 3.92. The van der Waals surface area contributed by atoms with Crippen molar-refractivity contribution in [1.82, 2.24) is 4.90 Å². The van der Waals surface area contributed by atoms with Crippen molar-refractivity contribution in [3.8, 4) is 0 Å². The van der Waals surface area contributed by atoms with Crippen LogP contribution in [0.4, 0.5) is 15.8 Å². The Morgan fingerprint density at radius 3 is 2.48 bits per heavy atom. The molecule has 1 saturated heterocycles. The van der Waals surface area contributed by atoms with Gasteiger partial charge in [-0.05, 0) is 42.5 Å².